The van der Waals surface area contributed by atoms with E-state index in [0.717, 1.165) is 40.4 Å². The number of aromatic nitrogens is 1. The van der Waals surface area contributed by atoms with Crippen molar-refractivity contribution in [1.29, 1.82) is 0 Å². The number of hydrogen-bond acceptors (Lipinski definition) is 7. The van der Waals surface area contributed by atoms with Crippen LogP contribution in [0.25, 0.3) is 10.4 Å². The van der Waals surface area contributed by atoms with Crippen molar-refractivity contribution >= 4 is 28.7 Å². The number of rotatable bonds is 8. The standard InChI is InChI=1S/C20H25N3O4S/c1-3-17-22-19(13-7-5-6-8-13)20(28-17)14-9-10-15(16(11-14)23(25)26)21-12-18(24)27-4-2/h9-11,13,21H,3-8,12H2,1-2H3. The molecule has 0 unspecified atom stereocenters. The van der Waals surface area contributed by atoms with E-state index in [1.54, 1.807) is 30.4 Å². The second kappa shape index (κ2) is 9.14. The molecule has 1 heterocycles. The van der Waals surface area contributed by atoms with Crippen LogP contribution in [0.4, 0.5) is 11.4 Å². The maximum absolute atomic E-state index is 11.6. The molecule has 1 saturated carbocycles. The van der Waals surface area contributed by atoms with Gasteiger partial charge in [-0.1, -0.05) is 25.8 Å². The number of benzene rings is 1. The van der Waals surface area contributed by atoms with Gasteiger partial charge in [0.05, 0.1) is 27.1 Å². The summed E-state index contributed by atoms with van der Waals surface area (Å²) in [6, 6.07) is 5.11. The first-order valence-electron chi connectivity index (χ1n) is 9.71. The van der Waals surface area contributed by atoms with E-state index in [4.69, 9.17) is 9.72 Å². The molecular formula is C20H25N3O4S. The summed E-state index contributed by atoms with van der Waals surface area (Å²) in [7, 11) is 0. The van der Waals surface area contributed by atoms with Gasteiger partial charge in [0.1, 0.15) is 12.2 Å². The molecule has 1 aliphatic rings. The van der Waals surface area contributed by atoms with Crippen LogP contribution in [0.3, 0.4) is 0 Å². The highest BCUT2D eigenvalue weighted by Crippen LogP contribution is 2.43. The average molecular weight is 404 g/mol. The molecule has 1 aromatic heterocycles. The Morgan fingerprint density at radius 2 is 2.11 bits per heavy atom. The number of nitrogens with one attached hydrogen (secondary N) is 1. The monoisotopic (exact) mass is 403 g/mol. The first kappa shape index (κ1) is 20.3. The summed E-state index contributed by atoms with van der Waals surface area (Å²) in [6.07, 6.45) is 5.52. The van der Waals surface area contributed by atoms with Gasteiger partial charge < -0.3 is 10.1 Å². The van der Waals surface area contributed by atoms with E-state index < -0.39 is 10.9 Å². The molecule has 0 bridgehead atoms. The van der Waals surface area contributed by atoms with Crippen molar-refractivity contribution in [3.05, 3.63) is 39.0 Å². The van der Waals surface area contributed by atoms with E-state index >= 15 is 0 Å². The highest BCUT2D eigenvalue weighted by molar-refractivity contribution is 7.15. The zero-order valence-electron chi connectivity index (χ0n) is 16.2. The van der Waals surface area contributed by atoms with Gasteiger partial charge in [0.25, 0.3) is 5.69 Å². The molecule has 150 valence electrons. The summed E-state index contributed by atoms with van der Waals surface area (Å²) in [4.78, 5) is 28.6. The molecule has 0 radical (unpaired) electrons. The molecule has 0 atom stereocenters. The maximum Gasteiger partial charge on any atom is 0.325 e. The van der Waals surface area contributed by atoms with Crippen molar-refractivity contribution < 1.29 is 14.5 Å². The lowest BCUT2D eigenvalue weighted by atomic mass is 9.99. The molecule has 0 aliphatic heterocycles. The predicted molar refractivity (Wildman–Crippen MR) is 110 cm³/mol. The van der Waals surface area contributed by atoms with Gasteiger partial charge in [-0.15, -0.1) is 11.3 Å². The second-order valence-corrected chi connectivity index (χ2v) is 7.89. The lowest BCUT2D eigenvalue weighted by Gasteiger charge is -2.11. The van der Waals surface area contributed by atoms with E-state index in [1.807, 2.05) is 6.07 Å². The molecule has 3 rings (SSSR count). The Hall–Kier alpha value is -2.48. The Balaban J connectivity index is 1.92. The highest BCUT2D eigenvalue weighted by atomic mass is 32.1. The van der Waals surface area contributed by atoms with Crippen LogP contribution in [0.5, 0.6) is 0 Å². The summed E-state index contributed by atoms with van der Waals surface area (Å²) >= 11 is 1.62. The lowest BCUT2D eigenvalue weighted by molar-refractivity contribution is -0.383. The lowest BCUT2D eigenvalue weighted by Crippen LogP contribution is -2.17. The fraction of sp³-hybridized carbons (Fsp3) is 0.500. The first-order chi connectivity index (χ1) is 13.5. The molecule has 2 aromatic rings. The minimum atomic E-state index is -0.445. The Kier molecular flexibility index (Phi) is 6.61. The van der Waals surface area contributed by atoms with Crippen molar-refractivity contribution in [3.8, 4) is 10.4 Å². The van der Waals surface area contributed by atoms with Gasteiger partial charge in [0.2, 0.25) is 0 Å². The Labute approximate surface area is 168 Å². The summed E-state index contributed by atoms with van der Waals surface area (Å²) in [5.74, 6) is -0.00772. The Morgan fingerprint density at radius 1 is 1.36 bits per heavy atom. The van der Waals surface area contributed by atoms with Crippen molar-refractivity contribution in [1.82, 2.24) is 4.98 Å². The number of esters is 1. The van der Waals surface area contributed by atoms with Gasteiger partial charge in [-0.25, -0.2) is 4.98 Å². The minimum Gasteiger partial charge on any atom is -0.465 e. The van der Waals surface area contributed by atoms with E-state index in [2.05, 4.69) is 12.2 Å². The van der Waals surface area contributed by atoms with Crippen LogP contribution in [0.15, 0.2) is 18.2 Å². The normalized spacial score (nSPS) is 14.2. The van der Waals surface area contributed by atoms with Gasteiger partial charge in [0, 0.05) is 17.5 Å². The van der Waals surface area contributed by atoms with E-state index in [0.29, 0.717) is 11.6 Å². The number of nitro benzene ring substituents is 1. The van der Waals surface area contributed by atoms with Gasteiger partial charge in [-0.2, -0.15) is 0 Å². The molecule has 1 aliphatic carbocycles. The predicted octanol–water partition coefficient (Wildman–Crippen LogP) is 4.91. The maximum atomic E-state index is 11.6. The number of anilines is 1. The minimum absolute atomic E-state index is 0.0504. The van der Waals surface area contributed by atoms with E-state index in [-0.39, 0.29) is 18.8 Å². The molecular weight excluding hydrogens is 378 g/mol. The van der Waals surface area contributed by atoms with Crippen molar-refractivity contribution in [2.24, 2.45) is 0 Å². The molecule has 8 heteroatoms. The topological polar surface area (TPSA) is 94.4 Å². The van der Waals surface area contributed by atoms with Crippen LogP contribution in [0.1, 0.15) is 56.2 Å². The van der Waals surface area contributed by atoms with Gasteiger partial charge in [0.15, 0.2) is 0 Å². The van der Waals surface area contributed by atoms with Gasteiger partial charge >= 0.3 is 5.97 Å². The second-order valence-electron chi connectivity index (χ2n) is 6.80. The van der Waals surface area contributed by atoms with Crippen molar-refractivity contribution in [2.45, 2.75) is 51.9 Å². The fourth-order valence-corrected chi connectivity index (χ4v) is 4.65. The van der Waals surface area contributed by atoms with Crippen molar-refractivity contribution in [3.63, 3.8) is 0 Å². The number of carbonyl (C=O) groups excluding carboxylic acids is 1. The first-order valence-corrected chi connectivity index (χ1v) is 10.5. The highest BCUT2D eigenvalue weighted by Gasteiger charge is 2.26. The largest absolute Gasteiger partial charge is 0.465 e. The van der Waals surface area contributed by atoms with Crippen LogP contribution in [0.2, 0.25) is 0 Å². The van der Waals surface area contributed by atoms with E-state index in [9.17, 15) is 14.9 Å². The number of aryl methyl sites for hydroxylation is 1. The molecule has 1 aromatic carbocycles. The Bertz CT molecular complexity index is 859. The van der Waals surface area contributed by atoms with Crippen LogP contribution in [-0.2, 0) is 16.0 Å². The summed E-state index contributed by atoms with van der Waals surface area (Å²) in [5.41, 5.74) is 2.16. The fourth-order valence-electron chi connectivity index (χ4n) is 3.56. The van der Waals surface area contributed by atoms with Crippen LogP contribution < -0.4 is 5.32 Å². The molecule has 1 fully saturated rings. The number of nitro groups is 1. The van der Waals surface area contributed by atoms with Crippen LogP contribution >= 0.6 is 11.3 Å². The zero-order chi connectivity index (χ0) is 20.1. The number of carbonyl (C=O) groups is 1. The molecule has 1 N–H and O–H groups in total. The summed E-state index contributed by atoms with van der Waals surface area (Å²) < 4.78 is 4.87. The molecule has 28 heavy (non-hydrogen) atoms. The zero-order valence-corrected chi connectivity index (χ0v) is 17.0. The average Bonchev–Trinajstić information content (AvgIpc) is 3.35. The quantitative estimate of drug-likeness (QED) is 0.382. The third-order valence-corrected chi connectivity index (χ3v) is 6.19. The molecule has 0 amide bonds. The number of nitrogens with zero attached hydrogens (tertiary/aromatic N) is 2. The van der Waals surface area contributed by atoms with Gasteiger partial charge in [-0.05, 0) is 32.3 Å². The number of hydrogen-bond donors (Lipinski definition) is 1. The SMILES string of the molecule is CCOC(=O)CNc1ccc(-c2sc(CC)nc2C2CCCC2)cc1[N+](=O)[O-]. The number of ether oxygens (including phenoxy) is 1. The van der Waals surface area contributed by atoms with Crippen LogP contribution in [0, 0.1) is 10.1 Å². The number of thiazole rings is 1. The summed E-state index contributed by atoms with van der Waals surface area (Å²) in [6.45, 7) is 3.96. The Morgan fingerprint density at radius 3 is 2.75 bits per heavy atom. The third kappa shape index (κ3) is 4.49. The molecule has 0 spiro atoms. The van der Waals surface area contributed by atoms with E-state index in [1.165, 1.54) is 12.8 Å². The van der Waals surface area contributed by atoms with Crippen molar-refractivity contribution in [2.75, 3.05) is 18.5 Å². The van der Waals surface area contributed by atoms with Crippen LogP contribution in [-0.4, -0.2) is 29.0 Å². The smallest absolute Gasteiger partial charge is 0.325 e. The third-order valence-electron chi connectivity index (χ3n) is 4.93. The molecule has 7 nitrogen and oxygen atoms in total. The van der Waals surface area contributed by atoms with Gasteiger partial charge in [-0.3, -0.25) is 14.9 Å². The molecule has 0 saturated heterocycles. The summed E-state index contributed by atoms with van der Waals surface area (Å²) in [5, 5.41) is 15.5.